The summed E-state index contributed by atoms with van der Waals surface area (Å²) in [4.78, 5) is 14.2. The van der Waals surface area contributed by atoms with Crippen molar-refractivity contribution in [3.63, 3.8) is 0 Å². The third-order valence-electron chi connectivity index (χ3n) is 4.71. The summed E-state index contributed by atoms with van der Waals surface area (Å²) in [6, 6.07) is 0.752. The molecule has 1 amide bonds. The zero-order valence-electron chi connectivity index (χ0n) is 15.4. The van der Waals surface area contributed by atoms with E-state index in [0.29, 0.717) is 18.1 Å². The molecular formula is C18H34N2O3. The molecule has 0 spiro atoms. The van der Waals surface area contributed by atoms with Gasteiger partial charge >= 0.3 is 6.09 Å². The van der Waals surface area contributed by atoms with Gasteiger partial charge in [-0.05, 0) is 52.4 Å². The molecule has 2 rings (SSSR count). The number of carbonyl (C=O) groups is 1. The highest BCUT2D eigenvalue weighted by molar-refractivity contribution is 5.69. The van der Waals surface area contributed by atoms with Gasteiger partial charge in [0.25, 0.3) is 0 Å². The monoisotopic (exact) mass is 326 g/mol. The molecule has 5 heteroatoms. The lowest BCUT2D eigenvalue weighted by molar-refractivity contribution is -0.0253. The summed E-state index contributed by atoms with van der Waals surface area (Å²) in [5, 5.41) is 3.67. The number of carbonyl (C=O) groups excluding carboxylic acids is 1. The molecular weight excluding hydrogens is 292 g/mol. The van der Waals surface area contributed by atoms with E-state index in [1.54, 1.807) is 0 Å². The number of rotatable bonds is 4. The van der Waals surface area contributed by atoms with Gasteiger partial charge in [0.05, 0.1) is 6.10 Å². The molecule has 0 saturated carbocycles. The van der Waals surface area contributed by atoms with Crippen LogP contribution in [0.4, 0.5) is 4.79 Å². The minimum Gasteiger partial charge on any atom is -0.444 e. The van der Waals surface area contributed by atoms with E-state index in [2.05, 4.69) is 19.2 Å². The van der Waals surface area contributed by atoms with Gasteiger partial charge in [-0.1, -0.05) is 13.8 Å². The Kier molecular flexibility index (Phi) is 6.32. The number of amides is 1. The van der Waals surface area contributed by atoms with E-state index in [0.717, 1.165) is 45.4 Å². The Morgan fingerprint density at radius 2 is 2.09 bits per heavy atom. The van der Waals surface area contributed by atoms with E-state index in [1.807, 2.05) is 25.7 Å². The summed E-state index contributed by atoms with van der Waals surface area (Å²) in [5.74, 6) is 0.560. The molecule has 0 aromatic heterocycles. The van der Waals surface area contributed by atoms with E-state index in [9.17, 15) is 4.79 Å². The molecule has 3 unspecified atom stereocenters. The standard InChI is InChI=1S/C18H34N2O3/c1-13(2)16-11-14(8-10-22-16)19-12-15-7-6-9-20(15)17(21)23-18(3,4)5/h13-16,19H,6-12H2,1-5H3. The second-order valence-corrected chi connectivity index (χ2v) is 8.25. The second-order valence-electron chi connectivity index (χ2n) is 8.25. The van der Waals surface area contributed by atoms with Crippen molar-refractivity contribution >= 4 is 6.09 Å². The fourth-order valence-corrected chi connectivity index (χ4v) is 3.39. The average Bonchev–Trinajstić information content (AvgIpc) is 2.92. The molecule has 2 aliphatic rings. The van der Waals surface area contributed by atoms with Gasteiger partial charge in [0, 0.05) is 31.8 Å². The minimum absolute atomic E-state index is 0.172. The molecule has 23 heavy (non-hydrogen) atoms. The quantitative estimate of drug-likeness (QED) is 0.862. The van der Waals surface area contributed by atoms with E-state index < -0.39 is 5.60 Å². The number of ether oxygens (including phenoxy) is 2. The molecule has 0 aromatic carbocycles. The number of likely N-dealkylation sites (tertiary alicyclic amines) is 1. The maximum atomic E-state index is 12.3. The third kappa shape index (κ3) is 5.64. The normalized spacial score (nSPS) is 29.1. The highest BCUT2D eigenvalue weighted by Crippen LogP contribution is 2.23. The molecule has 3 atom stereocenters. The minimum atomic E-state index is -0.428. The van der Waals surface area contributed by atoms with Gasteiger partial charge in [0.1, 0.15) is 5.60 Å². The molecule has 2 aliphatic heterocycles. The number of nitrogens with zero attached hydrogens (tertiary/aromatic N) is 1. The highest BCUT2D eigenvalue weighted by atomic mass is 16.6. The SMILES string of the molecule is CC(C)C1CC(NCC2CCCN2C(=O)OC(C)(C)C)CCO1. The number of nitrogens with one attached hydrogen (secondary N) is 1. The Labute approximate surface area is 141 Å². The first-order valence-corrected chi connectivity index (χ1v) is 9.11. The average molecular weight is 326 g/mol. The van der Waals surface area contributed by atoms with E-state index >= 15 is 0 Å². The predicted octanol–water partition coefficient (Wildman–Crippen LogP) is 3.18. The lowest BCUT2D eigenvalue weighted by atomic mass is 9.95. The first-order chi connectivity index (χ1) is 10.8. The maximum absolute atomic E-state index is 12.3. The van der Waals surface area contributed by atoms with E-state index in [1.165, 1.54) is 0 Å². The highest BCUT2D eigenvalue weighted by Gasteiger charge is 2.33. The lowest BCUT2D eigenvalue weighted by Gasteiger charge is -2.34. The van der Waals surface area contributed by atoms with Crippen LogP contribution >= 0.6 is 0 Å². The summed E-state index contributed by atoms with van der Waals surface area (Å²) in [6.45, 7) is 12.7. The van der Waals surface area contributed by atoms with Crippen molar-refractivity contribution in [2.24, 2.45) is 5.92 Å². The van der Waals surface area contributed by atoms with Crippen molar-refractivity contribution in [2.75, 3.05) is 19.7 Å². The van der Waals surface area contributed by atoms with Gasteiger partial charge in [0.2, 0.25) is 0 Å². The van der Waals surface area contributed by atoms with Crippen LogP contribution in [0.2, 0.25) is 0 Å². The largest absolute Gasteiger partial charge is 0.444 e. The van der Waals surface area contributed by atoms with Crippen LogP contribution in [-0.4, -0.2) is 54.5 Å². The molecule has 2 saturated heterocycles. The van der Waals surface area contributed by atoms with Crippen LogP contribution in [0.3, 0.4) is 0 Å². The van der Waals surface area contributed by atoms with Gasteiger partial charge in [-0.15, -0.1) is 0 Å². The molecule has 0 bridgehead atoms. The van der Waals surface area contributed by atoms with Crippen LogP contribution in [0, 0.1) is 5.92 Å². The van der Waals surface area contributed by atoms with Gasteiger partial charge in [-0.3, -0.25) is 0 Å². The molecule has 0 aromatic rings. The van der Waals surface area contributed by atoms with Crippen LogP contribution in [0.1, 0.15) is 60.3 Å². The smallest absolute Gasteiger partial charge is 0.410 e. The molecule has 0 radical (unpaired) electrons. The molecule has 1 N–H and O–H groups in total. The molecule has 134 valence electrons. The van der Waals surface area contributed by atoms with Crippen molar-refractivity contribution in [3.05, 3.63) is 0 Å². The zero-order valence-corrected chi connectivity index (χ0v) is 15.4. The second kappa shape index (κ2) is 7.84. The third-order valence-corrected chi connectivity index (χ3v) is 4.71. The first-order valence-electron chi connectivity index (χ1n) is 9.11. The Hall–Kier alpha value is -0.810. The molecule has 0 aliphatic carbocycles. The van der Waals surface area contributed by atoms with E-state index in [-0.39, 0.29) is 12.1 Å². The van der Waals surface area contributed by atoms with E-state index in [4.69, 9.17) is 9.47 Å². The summed E-state index contributed by atoms with van der Waals surface area (Å²) in [6.07, 6.45) is 4.43. The van der Waals surface area contributed by atoms with Crippen molar-refractivity contribution in [1.82, 2.24) is 10.2 Å². The Bertz CT molecular complexity index is 392. The summed E-state index contributed by atoms with van der Waals surface area (Å²) >= 11 is 0. The van der Waals surface area contributed by atoms with Gasteiger partial charge < -0.3 is 19.7 Å². The van der Waals surface area contributed by atoms with Crippen molar-refractivity contribution in [3.8, 4) is 0 Å². The Morgan fingerprint density at radius 1 is 1.35 bits per heavy atom. The lowest BCUT2D eigenvalue weighted by Crippen LogP contribution is -2.48. The van der Waals surface area contributed by atoms with Crippen LogP contribution in [0.25, 0.3) is 0 Å². The van der Waals surface area contributed by atoms with Crippen LogP contribution < -0.4 is 5.32 Å². The first kappa shape index (κ1) is 18.5. The fourth-order valence-electron chi connectivity index (χ4n) is 3.39. The fraction of sp³-hybridized carbons (Fsp3) is 0.944. The topological polar surface area (TPSA) is 50.8 Å². The Morgan fingerprint density at radius 3 is 2.74 bits per heavy atom. The van der Waals surface area contributed by atoms with Gasteiger partial charge in [-0.25, -0.2) is 4.79 Å². The molecule has 2 fully saturated rings. The van der Waals surface area contributed by atoms with Gasteiger partial charge in [0.15, 0.2) is 0 Å². The summed E-state index contributed by atoms with van der Waals surface area (Å²) in [7, 11) is 0. The maximum Gasteiger partial charge on any atom is 0.410 e. The summed E-state index contributed by atoms with van der Waals surface area (Å²) in [5.41, 5.74) is -0.428. The van der Waals surface area contributed by atoms with Gasteiger partial charge in [-0.2, -0.15) is 0 Å². The van der Waals surface area contributed by atoms with Crippen LogP contribution in [0.5, 0.6) is 0 Å². The zero-order chi connectivity index (χ0) is 17.0. The number of hydrogen-bond acceptors (Lipinski definition) is 4. The van der Waals surface area contributed by atoms with Crippen molar-refractivity contribution < 1.29 is 14.3 Å². The Balaban J connectivity index is 1.81. The van der Waals surface area contributed by atoms with Crippen LogP contribution in [0.15, 0.2) is 0 Å². The summed E-state index contributed by atoms with van der Waals surface area (Å²) < 4.78 is 11.4. The van der Waals surface area contributed by atoms with Crippen molar-refractivity contribution in [2.45, 2.75) is 84.1 Å². The predicted molar refractivity (Wildman–Crippen MR) is 91.6 cm³/mol. The van der Waals surface area contributed by atoms with Crippen molar-refractivity contribution in [1.29, 1.82) is 0 Å². The van der Waals surface area contributed by atoms with Crippen LogP contribution in [-0.2, 0) is 9.47 Å². The number of hydrogen-bond donors (Lipinski definition) is 1. The molecule has 5 nitrogen and oxygen atoms in total. The molecule has 2 heterocycles.